The summed E-state index contributed by atoms with van der Waals surface area (Å²) >= 11 is 3.49. The van der Waals surface area contributed by atoms with Crippen molar-refractivity contribution in [2.45, 2.75) is 38.4 Å². The van der Waals surface area contributed by atoms with Gasteiger partial charge in [-0.2, -0.15) is 0 Å². The second-order valence-corrected chi connectivity index (χ2v) is 7.45. The summed E-state index contributed by atoms with van der Waals surface area (Å²) in [5, 5.41) is 0. The summed E-state index contributed by atoms with van der Waals surface area (Å²) in [5.41, 5.74) is 0. The van der Waals surface area contributed by atoms with Crippen molar-refractivity contribution in [1.29, 1.82) is 0 Å². The van der Waals surface area contributed by atoms with Crippen LogP contribution in [0.5, 0.6) is 0 Å². The Morgan fingerprint density at radius 3 is 2.23 bits per heavy atom. The normalized spacial score (nSPS) is 16.9. The Labute approximate surface area is 90.2 Å². The third-order valence-electron chi connectivity index (χ3n) is 2.34. The minimum absolute atomic E-state index is 0.269. The molecule has 0 radical (unpaired) electrons. The molecule has 0 N–H and O–H groups in total. The minimum atomic E-state index is -2.76. The van der Waals surface area contributed by atoms with E-state index in [0.29, 0.717) is 16.5 Å². The third kappa shape index (κ3) is 6.49. The Kier molecular flexibility index (Phi) is 6.21. The van der Waals surface area contributed by atoms with E-state index in [1.54, 1.807) is 6.92 Å². The van der Waals surface area contributed by atoms with Crippen molar-refractivity contribution in [3.8, 4) is 0 Å². The van der Waals surface area contributed by atoms with E-state index in [2.05, 4.69) is 29.8 Å². The van der Waals surface area contributed by atoms with Crippen molar-refractivity contribution >= 4 is 25.8 Å². The number of sulfone groups is 1. The molecule has 2 atom stereocenters. The molecular weight excluding hydrogens is 252 g/mol. The van der Waals surface area contributed by atoms with Gasteiger partial charge in [0.15, 0.2) is 0 Å². The van der Waals surface area contributed by atoms with Gasteiger partial charge in [-0.25, -0.2) is 8.42 Å². The number of hydrogen-bond acceptors (Lipinski definition) is 2. The van der Waals surface area contributed by atoms with Gasteiger partial charge in [-0.1, -0.05) is 36.7 Å². The Balaban J connectivity index is 3.69. The van der Waals surface area contributed by atoms with E-state index in [1.165, 1.54) is 0 Å². The molecule has 0 aromatic heterocycles. The molecule has 0 aliphatic carbocycles. The van der Waals surface area contributed by atoms with Crippen LogP contribution in [0.1, 0.15) is 33.6 Å². The molecule has 0 rings (SSSR count). The van der Waals surface area contributed by atoms with Crippen LogP contribution in [-0.2, 0) is 9.84 Å². The lowest BCUT2D eigenvalue weighted by Crippen LogP contribution is -2.12. The first kappa shape index (κ1) is 13.4. The maximum Gasteiger partial charge on any atom is 0.150 e. The second kappa shape index (κ2) is 6.02. The van der Waals surface area contributed by atoms with Crippen LogP contribution in [0.2, 0.25) is 0 Å². The van der Waals surface area contributed by atoms with Gasteiger partial charge < -0.3 is 0 Å². The highest BCUT2D eigenvalue weighted by Gasteiger charge is 2.11. The van der Waals surface area contributed by atoms with Gasteiger partial charge in [-0.15, -0.1) is 0 Å². The summed E-state index contributed by atoms with van der Waals surface area (Å²) in [6.45, 7) is 5.93. The predicted octanol–water partition coefficient (Wildman–Crippen LogP) is 2.62. The maximum absolute atomic E-state index is 11.1. The topological polar surface area (TPSA) is 34.1 Å². The monoisotopic (exact) mass is 270 g/mol. The highest BCUT2D eigenvalue weighted by molar-refractivity contribution is 9.09. The largest absolute Gasteiger partial charge is 0.229 e. The van der Waals surface area contributed by atoms with Gasteiger partial charge in [0.25, 0.3) is 0 Å². The van der Waals surface area contributed by atoms with Crippen LogP contribution in [0, 0.1) is 5.92 Å². The molecule has 0 fully saturated rings. The van der Waals surface area contributed by atoms with Gasteiger partial charge >= 0.3 is 0 Å². The second-order valence-electron chi connectivity index (χ2n) is 3.53. The van der Waals surface area contributed by atoms with Crippen LogP contribution in [0.4, 0.5) is 0 Å². The molecule has 0 saturated heterocycles. The van der Waals surface area contributed by atoms with Gasteiger partial charge in [0.05, 0.1) is 5.75 Å². The lowest BCUT2D eigenvalue weighted by atomic mass is 10.0. The number of hydrogen-bond donors (Lipinski definition) is 0. The fourth-order valence-corrected chi connectivity index (χ4v) is 2.16. The highest BCUT2D eigenvalue weighted by atomic mass is 79.9. The summed E-state index contributed by atoms with van der Waals surface area (Å²) < 4.78 is 22.3. The predicted molar refractivity (Wildman–Crippen MR) is 61.1 cm³/mol. The van der Waals surface area contributed by atoms with Gasteiger partial charge in [0, 0.05) is 10.6 Å². The van der Waals surface area contributed by atoms with E-state index in [9.17, 15) is 8.42 Å². The third-order valence-corrected chi connectivity index (χ3v) is 5.03. The first-order valence-corrected chi connectivity index (χ1v) is 7.47. The van der Waals surface area contributed by atoms with Gasteiger partial charge in [0.1, 0.15) is 9.84 Å². The number of halogens is 1. The zero-order valence-corrected chi connectivity index (χ0v) is 11.0. The van der Waals surface area contributed by atoms with Crippen LogP contribution in [0.3, 0.4) is 0 Å². The van der Waals surface area contributed by atoms with E-state index < -0.39 is 9.84 Å². The smallest absolute Gasteiger partial charge is 0.150 e. The van der Waals surface area contributed by atoms with Crippen LogP contribution in [-0.4, -0.2) is 24.8 Å². The number of alkyl halides is 1. The molecule has 0 aliphatic heterocycles. The SMILES string of the molecule is CCS(=O)(=O)CCCC(C)C(C)Br. The maximum atomic E-state index is 11.1. The molecular formula is C9H19BrO2S. The Hall–Kier alpha value is 0.430. The molecule has 0 heterocycles. The molecule has 13 heavy (non-hydrogen) atoms. The zero-order valence-electron chi connectivity index (χ0n) is 8.59. The minimum Gasteiger partial charge on any atom is -0.229 e. The Morgan fingerprint density at radius 1 is 1.31 bits per heavy atom. The molecule has 80 valence electrons. The highest BCUT2D eigenvalue weighted by Crippen LogP contribution is 2.17. The molecule has 0 aromatic rings. The van der Waals surface area contributed by atoms with Crippen molar-refractivity contribution < 1.29 is 8.42 Å². The fourth-order valence-electron chi connectivity index (χ4n) is 0.999. The summed E-state index contributed by atoms with van der Waals surface area (Å²) in [6, 6.07) is 0. The van der Waals surface area contributed by atoms with E-state index >= 15 is 0 Å². The Bertz CT molecular complexity index is 222. The Morgan fingerprint density at radius 2 is 1.85 bits per heavy atom. The summed E-state index contributed by atoms with van der Waals surface area (Å²) in [6.07, 6.45) is 1.76. The first-order chi connectivity index (χ1) is 5.89. The van der Waals surface area contributed by atoms with Crippen molar-refractivity contribution in [2.24, 2.45) is 5.92 Å². The summed E-state index contributed by atoms with van der Waals surface area (Å²) in [4.78, 5) is 0.469. The van der Waals surface area contributed by atoms with Crippen molar-refractivity contribution in [3.05, 3.63) is 0 Å². The summed E-state index contributed by atoms with van der Waals surface area (Å²) in [7, 11) is -2.76. The average Bonchev–Trinajstić information content (AvgIpc) is 2.04. The molecule has 0 saturated carbocycles. The number of rotatable bonds is 6. The van der Waals surface area contributed by atoms with Crippen molar-refractivity contribution in [2.75, 3.05) is 11.5 Å². The molecule has 0 amide bonds. The quantitative estimate of drug-likeness (QED) is 0.696. The lowest BCUT2D eigenvalue weighted by molar-refractivity contribution is 0.521. The molecule has 0 aliphatic rings. The van der Waals surface area contributed by atoms with Crippen molar-refractivity contribution in [3.63, 3.8) is 0 Å². The van der Waals surface area contributed by atoms with Crippen LogP contribution in [0.25, 0.3) is 0 Å². The zero-order chi connectivity index (χ0) is 10.5. The van der Waals surface area contributed by atoms with Gasteiger partial charge in [-0.05, 0) is 18.8 Å². The molecule has 2 unspecified atom stereocenters. The first-order valence-electron chi connectivity index (χ1n) is 4.73. The molecule has 0 spiro atoms. The van der Waals surface area contributed by atoms with E-state index in [-0.39, 0.29) is 5.75 Å². The van der Waals surface area contributed by atoms with Crippen molar-refractivity contribution in [1.82, 2.24) is 0 Å². The van der Waals surface area contributed by atoms with Crippen LogP contribution < -0.4 is 0 Å². The van der Waals surface area contributed by atoms with Gasteiger partial charge in [0.2, 0.25) is 0 Å². The lowest BCUT2D eigenvalue weighted by Gasteiger charge is -2.13. The standard InChI is InChI=1S/C9H19BrO2S/c1-4-13(11,12)7-5-6-8(2)9(3)10/h8-9H,4-7H2,1-3H3. The fraction of sp³-hybridized carbons (Fsp3) is 1.00. The summed E-state index contributed by atoms with van der Waals surface area (Å²) in [5.74, 6) is 1.16. The van der Waals surface area contributed by atoms with E-state index in [0.717, 1.165) is 12.8 Å². The molecule has 0 bridgehead atoms. The molecule has 0 aromatic carbocycles. The van der Waals surface area contributed by atoms with E-state index in [1.807, 2.05) is 0 Å². The van der Waals surface area contributed by atoms with Crippen LogP contribution in [0.15, 0.2) is 0 Å². The molecule has 2 nitrogen and oxygen atoms in total. The van der Waals surface area contributed by atoms with E-state index in [4.69, 9.17) is 0 Å². The van der Waals surface area contributed by atoms with Crippen LogP contribution >= 0.6 is 15.9 Å². The molecule has 4 heteroatoms. The average molecular weight is 271 g/mol. The van der Waals surface area contributed by atoms with Gasteiger partial charge in [-0.3, -0.25) is 0 Å².